The van der Waals surface area contributed by atoms with Gasteiger partial charge in [-0.2, -0.15) is 0 Å². The standard InChI is InChI=1S/C22H29N3O3S/c1-4-13-11-25-9-8-14-20-17(6-5-7-19(20)27-3)24-21(14)18(25)10-15(13)16(12-28-29)22(26)23-2/h5-7,12-13,15,18,24,29H,4,8-11H2,1-3H3,(H,23,26)/b16-12+. The molecule has 3 unspecified atom stereocenters. The highest BCUT2D eigenvalue weighted by atomic mass is 32.1. The van der Waals surface area contributed by atoms with E-state index in [9.17, 15) is 4.79 Å². The Bertz CT molecular complexity index is 939. The molecule has 7 heteroatoms. The van der Waals surface area contributed by atoms with Crippen LogP contribution in [-0.4, -0.2) is 43.0 Å². The fraction of sp³-hybridized carbons (Fsp3) is 0.500. The summed E-state index contributed by atoms with van der Waals surface area (Å²) >= 11 is 3.88. The quantitative estimate of drug-likeness (QED) is 0.302. The van der Waals surface area contributed by atoms with Crippen molar-refractivity contribution in [3.8, 4) is 5.75 Å². The molecular weight excluding hydrogens is 386 g/mol. The van der Waals surface area contributed by atoms with Crippen LogP contribution >= 0.6 is 12.9 Å². The van der Waals surface area contributed by atoms with Crippen LogP contribution in [0, 0.1) is 11.8 Å². The first-order valence-corrected chi connectivity index (χ1v) is 10.6. The summed E-state index contributed by atoms with van der Waals surface area (Å²) in [6.45, 7) is 4.19. The van der Waals surface area contributed by atoms with Gasteiger partial charge in [-0.1, -0.05) is 19.4 Å². The summed E-state index contributed by atoms with van der Waals surface area (Å²) in [5, 5.41) is 3.95. The Balaban J connectivity index is 1.76. The molecule has 0 spiro atoms. The molecule has 0 bridgehead atoms. The van der Waals surface area contributed by atoms with Gasteiger partial charge in [-0.25, -0.2) is 0 Å². The maximum Gasteiger partial charge on any atom is 0.250 e. The fourth-order valence-corrected chi connectivity index (χ4v) is 5.38. The summed E-state index contributed by atoms with van der Waals surface area (Å²) < 4.78 is 10.6. The Morgan fingerprint density at radius 2 is 2.28 bits per heavy atom. The average Bonchev–Trinajstić information content (AvgIpc) is 3.15. The molecule has 2 aliphatic heterocycles. The van der Waals surface area contributed by atoms with Crippen LogP contribution in [0.1, 0.15) is 37.1 Å². The normalized spacial score (nSPS) is 24.7. The van der Waals surface area contributed by atoms with Crippen molar-refractivity contribution in [2.45, 2.75) is 32.2 Å². The number of benzene rings is 1. The van der Waals surface area contributed by atoms with Crippen molar-refractivity contribution in [1.82, 2.24) is 15.2 Å². The van der Waals surface area contributed by atoms with Crippen molar-refractivity contribution >= 4 is 29.7 Å². The van der Waals surface area contributed by atoms with Crippen molar-refractivity contribution in [2.75, 3.05) is 27.2 Å². The highest BCUT2D eigenvalue weighted by molar-refractivity contribution is 7.75. The van der Waals surface area contributed by atoms with Crippen LogP contribution in [0.25, 0.3) is 10.9 Å². The molecule has 1 aromatic heterocycles. The lowest BCUT2D eigenvalue weighted by molar-refractivity contribution is -0.118. The number of carbonyl (C=O) groups is 1. The summed E-state index contributed by atoms with van der Waals surface area (Å²) in [6, 6.07) is 6.40. The largest absolute Gasteiger partial charge is 0.496 e. The summed E-state index contributed by atoms with van der Waals surface area (Å²) in [4.78, 5) is 18.8. The Hall–Kier alpha value is -2.12. The van der Waals surface area contributed by atoms with Gasteiger partial charge in [0.1, 0.15) is 12.0 Å². The van der Waals surface area contributed by atoms with Gasteiger partial charge in [0.15, 0.2) is 0 Å². The van der Waals surface area contributed by atoms with Crippen molar-refractivity contribution in [2.24, 2.45) is 11.8 Å². The number of nitrogens with zero attached hydrogens (tertiary/aromatic N) is 1. The smallest absolute Gasteiger partial charge is 0.250 e. The first-order valence-electron chi connectivity index (χ1n) is 10.3. The first-order chi connectivity index (χ1) is 14.1. The van der Waals surface area contributed by atoms with Gasteiger partial charge in [-0.3, -0.25) is 9.69 Å². The highest BCUT2D eigenvalue weighted by Crippen LogP contribution is 2.46. The minimum absolute atomic E-state index is 0.0923. The molecule has 0 aliphatic carbocycles. The maximum absolute atomic E-state index is 12.6. The van der Waals surface area contributed by atoms with E-state index in [0.29, 0.717) is 11.5 Å². The third-order valence-electron chi connectivity index (χ3n) is 6.67. The lowest BCUT2D eigenvalue weighted by Crippen LogP contribution is -2.47. The lowest BCUT2D eigenvalue weighted by Gasteiger charge is -2.46. The molecule has 2 aromatic rings. The van der Waals surface area contributed by atoms with Gasteiger partial charge < -0.3 is 19.2 Å². The second-order valence-electron chi connectivity index (χ2n) is 7.93. The average molecular weight is 416 g/mol. The van der Waals surface area contributed by atoms with E-state index >= 15 is 0 Å². The lowest BCUT2D eigenvalue weighted by atomic mass is 9.74. The molecule has 1 amide bonds. The van der Waals surface area contributed by atoms with E-state index in [1.807, 2.05) is 12.1 Å². The molecule has 2 aliphatic rings. The predicted molar refractivity (Wildman–Crippen MR) is 117 cm³/mol. The number of nitrogens with one attached hydrogen (secondary N) is 2. The first kappa shape index (κ1) is 20.2. The molecule has 1 aromatic carbocycles. The number of likely N-dealkylation sites (N-methyl/N-ethyl adjacent to an activating group) is 1. The summed E-state index contributed by atoms with van der Waals surface area (Å²) in [5.41, 5.74) is 4.41. The van der Waals surface area contributed by atoms with E-state index in [4.69, 9.17) is 8.92 Å². The van der Waals surface area contributed by atoms with Crippen LogP contribution in [-0.2, 0) is 15.4 Å². The monoisotopic (exact) mass is 415 g/mol. The van der Waals surface area contributed by atoms with Crippen molar-refractivity contribution in [3.63, 3.8) is 0 Å². The number of thiol groups is 1. The number of carbonyl (C=O) groups excluding carboxylic acids is 1. The number of hydrogen-bond donors (Lipinski definition) is 3. The Kier molecular flexibility index (Phi) is 5.79. The van der Waals surface area contributed by atoms with Crippen LogP contribution in [0.15, 0.2) is 30.0 Å². The minimum Gasteiger partial charge on any atom is -0.496 e. The Labute approximate surface area is 177 Å². The Morgan fingerprint density at radius 3 is 2.97 bits per heavy atom. The SMILES string of the molecule is CCC1CN2CCc3c([nH]c4cccc(OC)c34)C2CC1/C(=C\OS)C(=O)NC. The molecule has 6 nitrogen and oxygen atoms in total. The number of aromatic amines is 1. The molecule has 3 heterocycles. The van der Waals surface area contributed by atoms with Gasteiger partial charge in [0.2, 0.25) is 5.91 Å². The Morgan fingerprint density at radius 1 is 1.45 bits per heavy atom. The number of rotatable bonds is 5. The second kappa shape index (κ2) is 8.32. The maximum atomic E-state index is 12.6. The number of aromatic nitrogens is 1. The number of fused-ring (bicyclic) bond motifs is 5. The number of ether oxygens (including phenoxy) is 1. The molecular formula is C22H29N3O3S. The zero-order valence-corrected chi connectivity index (χ0v) is 18.1. The predicted octanol–water partition coefficient (Wildman–Crippen LogP) is 3.61. The number of hydrogen-bond acceptors (Lipinski definition) is 5. The second-order valence-corrected chi connectivity index (χ2v) is 8.14. The molecule has 29 heavy (non-hydrogen) atoms. The zero-order chi connectivity index (χ0) is 20.5. The molecule has 1 saturated heterocycles. The van der Waals surface area contributed by atoms with E-state index in [2.05, 4.69) is 41.1 Å². The molecule has 156 valence electrons. The van der Waals surface area contributed by atoms with E-state index in [1.54, 1.807) is 14.2 Å². The third kappa shape index (κ3) is 3.40. The zero-order valence-electron chi connectivity index (χ0n) is 17.2. The van der Waals surface area contributed by atoms with Gasteiger partial charge in [-0.15, -0.1) is 0 Å². The number of amides is 1. The topological polar surface area (TPSA) is 66.6 Å². The van der Waals surface area contributed by atoms with E-state index in [-0.39, 0.29) is 17.9 Å². The van der Waals surface area contributed by atoms with Crippen molar-refractivity contribution in [3.05, 3.63) is 41.3 Å². The molecule has 4 rings (SSSR count). The van der Waals surface area contributed by atoms with Gasteiger partial charge in [0.05, 0.1) is 18.7 Å². The van der Waals surface area contributed by atoms with Crippen LogP contribution in [0.3, 0.4) is 0 Å². The number of H-pyrrole nitrogens is 1. The van der Waals surface area contributed by atoms with E-state index in [1.165, 1.54) is 22.9 Å². The van der Waals surface area contributed by atoms with Gasteiger partial charge in [0, 0.05) is 49.6 Å². The number of piperidine rings is 1. The summed E-state index contributed by atoms with van der Waals surface area (Å²) in [7, 11) is 3.39. The van der Waals surface area contributed by atoms with Crippen LogP contribution in [0.2, 0.25) is 0 Å². The highest BCUT2D eigenvalue weighted by Gasteiger charge is 2.42. The van der Waals surface area contributed by atoms with Crippen molar-refractivity contribution < 1.29 is 13.7 Å². The summed E-state index contributed by atoms with van der Waals surface area (Å²) in [5.74, 6) is 1.35. The molecule has 0 saturated carbocycles. The molecule has 0 radical (unpaired) electrons. The van der Waals surface area contributed by atoms with E-state index in [0.717, 1.165) is 43.6 Å². The molecule has 2 N–H and O–H groups in total. The number of methoxy groups -OCH3 is 1. The van der Waals surface area contributed by atoms with E-state index < -0.39 is 0 Å². The molecule has 3 atom stereocenters. The van der Waals surface area contributed by atoms with Gasteiger partial charge in [0.25, 0.3) is 0 Å². The fourth-order valence-electron chi connectivity index (χ4n) is 5.26. The minimum atomic E-state index is -0.0923. The summed E-state index contributed by atoms with van der Waals surface area (Å²) in [6.07, 6.45) is 4.40. The van der Waals surface area contributed by atoms with Gasteiger partial charge >= 0.3 is 0 Å². The van der Waals surface area contributed by atoms with Gasteiger partial charge in [-0.05, 0) is 42.4 Å². The molecule has 1 fully saturated rings. The third-order valence-corrected chi connectivity index (χ3v) is 6.78. The van der Waals surface area contributed by atoms with Crippen LogP contribution in [0.4, 0.5) is 0 Å². The van der Waals surface area contributed by atoms with Crippen molar-refractivity contribution in [1.29, 1.82) is 0 Å². The van der Waals surface area contributed by atoms with Crippen LogP contribution in [0.5, 0.6) is 5.75 Å². The van der Waals surface area contributed by atoms with Crippen LogP contribution < -0.4 is 10.1 Å².